The summed E-state index contributed by atoms with van der Waals surface area (Å²) in [4.78, 5) is 0. The number of halogens is 3. The van der Waals surface area contributed by atoms with Crippen LogP contribution in [0.1, 0.15) is 6.92 Å². The number of alkyl halides is 3. The van der Waals surface area contributed by atoms with E-state index in [0.717, 1.165) is 6.92 Å². The third kappa shape index (κ3) is 1.06. The van der Waals surface area contributed by atoms with Crippen molar-refractivity contribution in [3.63, 3.8) is 0 Å². The van der Waals surface area contributed by atoms with Gasteiger partial charge in [-0.2, -0.15) is 13.2 Å². The van der Waals surface area contributed by atoms with E-state index >= 15 is 0 Å². The van der Waals surface area contributed by atoms with E-state index in [1.54, 1.807) is 0 Å². The SMILES string of the molecule is C=C1COC(C)(C(F)(F)F)C1=C. The summed E-state index contributed by atoms with van der Waals surface area (Å²) in [5, 5.41) is 0. The molecule has 1 nitrogen and oxygen atoms in total. The highest BCUT2D eigenvalue weighted by molar-refractivity contribution is 5.39. The minimum absolute atomic E-state index is 0.0741. The molecule has 0 aromatic heterocycles. The summed E-state index contributed by atoms with van der Waals surface area (Å²) in [6, 6.07) is 0. The topological polar surface area (TPSA) is 9.23 Å². The first kappa shape index (κ1) is 9.32. The Labute approximate surface area is 68.5 Å². The van der Waals surface area contributed by atoms with Gasteiger partial charge in [-0.1, -0.05) is 13.2 Å². The van der Waals surface area contributed by atoms with E-state index in [2.05, 4.69) is 17.9 Å². The van der Waals surface area contributed by atoms with E-state index in [-0.39, 0.29) is 12.2 Å². The maximum atomic E-state index is 12.3. The van der Waals surface area contributed by atoms with E-state index < -0.39 is 11.8 Å². The molecule has 0 aromatic rings. The van der Waals surface area contributed by atoms with Crippen molar-refractivity contribution in [2.45, 2.75) is 18.7 Å². The van der Waals surface area contributed by atoms with Crippen LogP contribution in [0.3, 0.4) is 0 Å². The lowest BCUT2D eigenvalue weighted by Gasteiger charge is -2.27. The van der Waals surface area contributed by atoms with Gasteiger partial charge in [-0.15, -0.1) is 0 Å². The molecule has 1 atom stereocenters. The first-order chi connectivity index (χ1) is 5.29. The third-order valence-corrected chi connectivity index (χ3v) is 2.08. The van der Waals surface area contributed by atoms with Gasteiger partial charge in [0.1, 0.15) is 0 Å². The molecule has 0 aliphatic carbocycles. The molecule has 1 fully saturated rings. The normalized spacial score (nSPS) is 31.3. The second-order valence-corrected chi connectivity index (χ2v) is 2.90. The van der Waals surface area contributed by atoms with Gasteiger partial charge in [0.05, 0.1) is 6.61 Å². The lowest BCUT2D eigenvalue weighted by molar-refractivity contribution is -0.242. The summed E-state index contributed by atoms with van der Waals surface area (Å²) >= 11 is 0. The highest BCUT2D eigenvalue weighted by Gasteiger charge is 2.57. The van der Waals surface area contributed by atoms with Crippen LogP contribution in [0.25, 0.3) is 0 Å². The molecule has 68 valence electrons. The minimum atomic E-state index is -4.41. The van der Waals surface area contributed by atoms with E-state index in [1.807, 2.05) is 0 Å². The third-order valence-electron chi connectivity index (χ3n) is 2.08. The second kappa shape index (κ2) is 2.36. The van der Waals surface area contributed by atoms with Crippen molar-refractivity contribution >= 4 is 0 Å². The summed E-state index contributed by atoms with van der Waals surface area (Å²) in [6.45, 7) is 7.61. The minimum Gasteiger partial charge on any atom is -0.356 e. The number of rotatable bonds is 0. The van der Waals surface area contributed by atoms with Crippen LogP contribution in [0.4, 0.5) is 13.2 Å². The van der Waals surface area contributed by atoms with Gasteiger partial charge < -0.3 is 4.74 Å². The van der Waals surface area contributed by atoms with Gasteiger partial charge in [0, 0.05) is 0 Å². The molecule has 0 saturated carbocycles. The summed E-state index contributed by atoms with van der Waals surface area (Å²) in [5.41, 5.74) is -1.99. The number of hydrogen-bond acceptors (Lipinski definition) is 1. The molecule has 0 radical (unpaired) electrons. The van der Waals surface area contributed by atoms with Crippen molar-refractivity contribution < 1.29 is 17.9 Å². The monoisotopic (exact) mass is 178 g/mol. The van der Waals surface area contributed by atoms with E-state index in [4.69, 9.17) is 0 Å². The summed E-state index contributed by atoms with van der Waals surface area (Å²) < 4.78 is 41.6. The Hall–Kier alpha value is -0.770. The molecule has 0 spiro atoms. The summed E-state index contributed by atoms with van der Waals surface area (Å²) in [5.74, 6) is 0. The zero-order chi connectivity index (χ0) is 9.57. The van der Waals surface area contributed by atoms with Gasteiger partial charge in [0.25, 0.3) is 0 Å². The average molecular weight is 178 g/mol. The molecule has 1 aliphatic heterocycles. The van der Waals surface area contributed by atoms with Crippen molar-refractivity contribution in [3.8, 4) is 0 Å². The standard InChI is InChI=1S/C8H9F3O/c1-5-4-12-7(3,6(5)2)8(9,10)11/h1-2,4H2,3H3. The molecule has 1 unspecified atom stereocenters. The van der Waals surface area contributed by atoms with Gasteiger partial charge in [0.15, 0.2) is 5.60 Å². The molecule has 1 rings (SSSR count). The molecule has 0 N–H and O–H groups in total. The number of hydrogen-bond donors (Lipinski definition) is 0. The van der Waals surface area contributed by atoms with E-state index in [0.29, 0.717) is 5.57 Å². The van der Waals surface area contributed by atoms with Crippen molar-refractivity contribution in [1.29, 1.82) is 0 Å². The maximum Gasteiger partial charge on any atom is 0.421 e. The Morgan fingerprint density at radius 3 is 2.08 bits per heavy atom. The van der Waals surface area contributed by atoms with Crippen molar-refractivity contribution in [2.24, 2.45) is 0 Å². The van der Waals surface area contributed by atoms with Gasteiger partial charge in [-0.3, -0.25) is 0 Å². The van der Waals surface area contributed by atoms with Crippen LogP contribution in [-0.2, 0) is 4.74 Å². The smallest absolute Gasteiger partial charge is 0.356 e. The van der Waals surface area contributed by atoms with E-state index in [1.165, 1.54) is 0 Å². The molecule has 1 saturated heterocycles. The van der Waals surface area contributed by atoms with Crippen molar-refractivity contribution in [1.82, 2.24) is 0 Å². The lowest BCUT2D eigenvalue weighted by Crippen LogP contribution is -2.42. The number of ether oxygens (including phenoxy) is 1. The molecule has 0 aromatic carbocycles. The van der Waals surface area contributed by atoms with E-state index in [9.17, 15) is 13.2 Å². The zero-order valence-corrected chi connectivity index (χ0v) is 6.66. The highest BCUT2D eigenvalue weighted by atomic mass is 19.4. The van der Waals surface area contributed by atoms with Crippen molar-refractivity contribution in [3.05, 3.63) is 24.3 Å². The predicted molar refractivity (Wildman–Crippen MR) is 38.7 cm³/mol. The highest BCUT2D eigenvalue weighted by Crippen LogP contribution is 2.44. The Kier molecular flexibility index (Phi) is 1.83. The first-order valence-electron chi connectivity index (χ1n) is 3.37. The van der Waals surface area contributed by atoms with Crippen LogP contribution in [0, 0.1) is 0 Å². The fourth-order valence-corrected chi connectivity index (χ4v) is 0.996. The van der Waals surface area contributed by atoms with Crippen LogP contribution in [0.5, 0.6) is 0 Å². The molecule has 12 heavy (non-hydrogen) atoms. The second-order valence-electron chi connectivity index (χ2n) is 2.90. The zero-order valence-electron chi connectivity index (χ0n) is 6.66. The summed E-state index contributed by atoms with van der Waals surface area (Å²) in [7, 11) is 0. The molecule has 1 aliphatic rings. The van der Waals surface area contributed by atoms with Crippen LogP contribution >= 0.6 is 0 Å². The quantitative estimate of drug-likeness (QED) is 0.553. The fraction of sp³-hybridized carbons (Fsp3) is 0.500. The van der Waals surface area contributed by atoms with Crippen LogP contribution in [-0.4, -0.2) is 18.4 Å². The Bertz CT molecular complexity index is 241. The van der Waals surface area contributed by atoms with Crippen LogP contribution < -0.4 is 0 Å². The average Bonchev–Trinajstić information content (AvgIpc) is 2.16. The van der Waals surface area contributed by atoms with Gasteiger partial charge in [0.2, 0.25) is 0 Å². The maximum absolute atomic E-state index is 12.3. The fourth-order valence-electron chi connectivity index (χ4n) is 0.996. The predicted octanol–water partition coefficient (Wildman–Crippen LogP) is 2.45. The van der Waals surface area contributed by atoms with Gasteiger partial charge >= 0.3 is 6.18 Å². The molecule has 0 amide bonds. The molecular weight excluding hydrogens is 169 g/mol. The first-order valence-corrected chi connectivity index (χ1v) is 3.37. The summed E-state index contributed by atoms with van der Waals surface area (Å²) in [6.07, 6.45) is -4.41. The van der Waals surface area contributed by atoms with Crippen LogP contribution in [0.15, 0.2) is 24.3 Å². The lowest BCUT2D eigenvalue weighted by atomic mass is 9.94. The Morgan fingerprint density at radius 2 is 1.92 bits per heavy atom. The van der Waals surface area contributed by atoms with Crippen LogP contribution in [0.2, 0.25) is 0 Å². The van der Waals surface area contributed by atoms with Gasteiger partial charge in [-0.05, 0) is 18.1 Å². The largest absolute Gasteiger partial charge is 0.421 e. The van der Waals surface area contributed by atoms with Gasteiger partial charge in [-0.25, -0.2) is 0 Å². The Morgan fingerprint density at radius 1 is 1.42 bits per heavy atom. The molecule has 1 heterocycles. The molecular formula is C8H9F3O. The molecule has 4 heteroatoms. The Balaban J connectivity index is 3.02. The van der Waals surface area contributed by atoms with Crippen molar-refractivity contribution in [2.75, 3.05) is 6.61 Å². The molecule has 0 bridgehead atoms.